The number of aryl methyl sites for hydroxylation is 1. The predicted molar refractivity (Wildman–Crippen MR) is 108 cm³/mol. The van der Waals surface area contributed by atoms with Gasteiger partial charge in [-0.15, -0.1) is 0 Å². The summed E-state index contributed by atoms with van der Waals surface area (Å²) in [7, 11) is 0. The first-order chi connectivity index (χ1) is 13.7. The standard InChI is InChI=1S/C20H21N7O/c1-14-12-17-19(21-6-7-27(17)24-14)26-10-8-25(9-11-26)13-18-22-16-5-3-2-4-15(16)20(28)23-18/h2-7,12H,8-11,13H2,1H3,(H,22,23,28). The number of H-pyrrole nitrogens is 1. The number of piperazine rings is 1. The molecule has 0 bridgehead atoms. The molecule has 5 rings (SSSR count). The van der Waals surface area contributed by atoms with E-state index in [4.69, 9.17) is 0 Å². The number of hydrogen-bond acceptors (Lipinski definition) is 6. The molecule has 0 amide bonds. The Morgan fingerprint density at radius 2 is 1.96 bits per heavy atom. The van der Waals surface area contributed by atoms with Crippen molar-refractivity contribution in [2.45, 2.75) is 13.5 Å². The maximum atomic E-state index is 12.3. The second-order valence-electron chi connectivity index (χ2n) is 7.16. The van der Waals surface area contributed by atoms with Crippen molar-refractivity contribution in [3.63, 3.8) is 0 Å². The van der Waals surface area contributed by atoms with E-state index in [1.807, 2.05) is 35.8 Å². The van der Waals surface area contributed by atoms with Gasteiger partial charge in [0.1, 0.15) is 11.3 Å². The number of fused-ring (bicyclic) bond motifs is 2. The van der Waals surface area contributed by atoms with Crippen molar-refractivity contribution in [3.05, 3.63) is 64.6 Å². The van der Waals surface area contributed by atoms with Crippen LogP contribution < -0.4 is 10.5 Å². The lowest BCUT2D eigenvalue weighted by atomic mass is 10.2. The van der Waals surface area contributed by atoms with E-state index < -0.39 is 0 Å². The summed E-state index contributed by atoms with van der Waals surface area (Å²) in [4.78, 5) is 29.0. The third kappa shape index (κ3) is 3.01. The van der Waals surface area contributed by atoms with E-state index in [2.05, 4.69) is 35.9 Å². The normalized spacial score (nSPS) is 15.5. The topological polar surface area (TPSA) is 82.4 Å². The number of nitrogens with one attached hydrogen (secondary N) is 1. The molecule has 4 heterocycles. The number of anilines is 1. The number of nitrogens with zero attached hydrogens (tertiary/aromatic N) is 6. The van der Waals surface area contributed by atoms with E-state index in [-0.39, 0.29) is 5.56 Å². The van der Waals surface area contributed by atoms with E-state index in [0.29, 0.717) is 17.8 Å². The summed E-state index contributed by atoms with van der Waals surface area (Å²) in [6.45, 7) is 6.13. The molecule has 0 aliphatic carbocycles. The Kier molecular flexibility index (Phi) is 4.05. The van der Waals surface area contributed by atoms with Gasteiger partial charge in [0.05, 0.1) is 23.1 Å². The maximum absolute atomic E-state index is 12.3. The Morgan fingerprint density at radius 1 is 1.14 bits per heavy atom. The highest BCUT2D eigenvalue weighted by Gasteiger charge is 2.21. The van der Waals surface area contributed by atoms with E-state index in [1.54, 1.807) is 12.3 Å². The molecule has 0 spiro atoms. The third-order valence-electron chi connectivity index (χ3n) is 5.20. The second-order valence-corrected chi connectivity index (χ2v) is 7.16. The first-order valence-corrected chi connectivity index (χ1v) is 9.43. The van der Waals surface area contributed by atoms with Crippen LogP contribution >= 0.6 is 0 Å². The van der Waals surface area contributed by atoms with Crippen LogP contribution in [0.3, 0.4) is 0 Å². The van der Waals surface area contributed by atoms with Crippen LogP contribution in [0.2, 0.25) is 0 Å². The highest BCUT2D eigenvalue weighted by Crippen LogP contribution is 2.21. The van der Waals surface area contributed by atoms with Crippen LogP contribution in [0.15, 0.2) is 47.5 Å². The van der Waals surface area contributed by atoms with Gasteiger partial charge >= 0.3 is 0 Å². The van der Waals surface area contributed by atoms with Crippen molar-refractivity contribution in [3.8, 4) is 0 Å². The molecule has 0 atom stereocenters. The SMILES string of the molecule is Cc1cc2c(N3CCN(Cc4nc5ccccc5c(=O)[nH]4)CC3)nccn2n1. The number of benzene rings is 1. The van der Waals surface area contributed by atoms with Crippen molar-refractivity contribution >= 4 is 22.2 Å². The number of aromatic nitrogens is 5. The molecule has 8 heteroatoms. The zero-order valence-electron chi connectivity index (χ0n) is 15.7. The lowest BCUT2D eigenvalue weighted by Gasteiger charge is -2.35. The summed E-state index contributed by atoms with van der Waals surface area (Å²) in [6.07, 6.45) is 3.68. The molecule has 0 unspecified atom stereocenters. The van der Waals surface area contributed by atoms with E-state index in [1.165, 1.54) is 0 Å². The van der Waals surface area contributed by atoms with Crippen molar-refractivity contribution in [2.24, 2.45) is 0 Å². The maximum Gasteiger partial charge on any atom is 0.258 e. The summed E-state index contributed by atoms with van der Waals surface area (Å²) in [5.41, 5.74) is 2.69. The Hall–Kier alpha value is -3.26. The van der Waals surface area contributed by atoms with Gasteiger partial charge in [0.15, 0.2) is 5.82 Å². The lowest BCUT2D eigenvalue weighted by Crippen LogP contribution is -2.46. The molecule has 1 fully saturated rings. The fraction of sp³-hybridized carbons (Fsp3) is 0.300. The molecule has 1 aromatic carbocycles. The van der Waals surface area contributed by atoms with Crippen molar-refractivity contribution < 1.29 is 0 Å². The van der Waals surface area contributed by atoms with Crippen molar-refractivity contribution in [1.82, 2.24) is 29.5 Å². The summed E-state index contributed by atoms with van der Waals surface area (Å²) in [6, 6.07) is 9.51. The highest BCUT2D eigenvalue weighted by atomic mass is 16.1. The molecule has 3 aromatic heterocycles. The molecule has 142 valence electrons. The molecular weight excluding hydrogens is 354 g/mol. The number of para-hydroxylation sites is 1. The molecule has 0 saturated carbocycles. The van der Waals surface area contributed by atoms with Gasteiger partial charge in [-0.05, 0) is 25.1 Å². The molecule has 1 N–H and O–H groups in total. The fourth-order valence-corrected chi connectivity index (χ4v) is 3.81. The van der Waals surface area contributed by atoms with Gasteiger partial charge in [0.25, 0.3) is 5.56 Å². The van der Waals surface area contributed by atoms with Crippen LogP contribution in [0.4, 0.5) is 5.82 Å². The largest absolute Gasteiger partial charge is 0.352 e. The Balaban J connectivity index is 1.31. The molecule has 0 radical (unpaired) electrons. The van der Waals surface area contributed by atoms with E-state index in [0.717, 1.165) is 48.7 Å². The van der Waals surface area contributed by atoms with Crippen molar-refractivity contribution in [2.75, 3.05) is 31.1 Å². The summed E-state index contributed by atoms with van der Waals surface area (Å²) < 4.78 is 1.88. The summed E-state index contributed by atoms with van der Waals surface area (Å²) >= 11 is 0. The minimum Gasteiger partial charge on any atom is -0.352 e. The monoisotopic (exact) mass is 375 g/mol. The van der Waals surface area contributed by atoms with Crippen LogP contribution in [-0.4, -0.2) is 55.6 Å². The van der Waals surface area contributed by atoms with E-state index >= 15 is 0 Å². The average molecular weight is 375 g/mol. The van der Waals surface area contributed by atoms with Crippen molar-refractivity contribution in [1.29, 1.82) is 0 Å². The third-order valence-corrected chi connectivity index (χ3v) is 5.20. The molecule has 1 aliphatic rings. The van der Waals surface area contributed by atoms with Crippen LogP contribution in [0.5, 0.6) is 0 Å². The van der Waals surface area contributed by atoms with Gasteiger partial charge in [-0.1, -0.05) is 12.1 Å². The first kappa shape index (κ1) is 16.9. The Labute approximate surface area is 161 Å². The van der Waals surface area contributed by atoms with Gasteiger partial charge in [-0.2, -0.15) is 5.10 Å². The quantitative estimate of drug-likeness (QED) is 0.586. The molecule has 8 nitrogen and oxygen atoms in total. The second kappa shape index (κ2) is 6.72. The highest BCUT2D eigenvalue weighted by molar-refractivity contribution is 5.77. The number of rotatable bonds is 3. The predicted octanol–water partition coefficient (Wildman–Crippen LogP) is 1.60. The summed E-state index contributed by atoms with van der Waals surface area (Å²) in [5, 5.41) is 5.10. The zero-order valence-corrected chi connectivity index (χ0v) is 15.7. The summed E-state index contributed by atoms with van der Waals surface area (Å²) in [5.74, 6) is 1.68. The first-order valence-electron chi connectivity index (χ1n) is 9.43. The molecule has 1 saturated heterocycles. The lowest BCUT2D eigenvalue weighted by molar-refractivity contribution is 0.243. The van der Waals surface area contributed by atoms with Gasteiger partial charge in [0, 0.05) is 38.6 Å². The van der Waals surface area contributed by atoms with Crippen LogP contribution in [-0.2, 0) is 6.54 Å². The number of hydrogen-bond donors (Lipinski definition) is 1. The molecule has 1 aliphatic heterocycles. The van der Waals surface area contributed by atoms with Gasteiger partial charge < -0.3 is 9.88 Å². The van der Waals surface area contributed by atoms with E-state index in [9.17, 15) is 4.79 Å². The van der Waals surface area contributed by atoms with Crippen LogP contribution in [0.25, 0.3) is 16.4 Å². The molecule has 28 heavy (non-hydrogen) atoms. The minimum absolute atomic E-state index is 0.0776. The average Bonchev–Trinajstić information content (AvgIpc) is 3.09. The van der Waals surface area contributed by atoms with Crippen LogP contribution in [0, 0.1) is 6.92 Å². The Bertz CT molecular complexity index is 1200. The Morgan fingerprint density at radius 3 is 2.82 bits per heavy atom. The zero-order chi connectivity index (χ0) is 19.1. The van der Waals surface area contributed by atoms with Gasteiger partial charge in [-0.25, -0.2) is 14.5 Å². The van der Waals surface area contributed by atoms with Gasteiger partial charge in [-0.3, -0.25) is 9.69 Å². The molecule has 4 aromatic rings. The minimum atomic E-state index is -0.0776. The van der Waals surface area contributed by atoms with Gasteiger partial charge in [0.2, 0.25) is 0 Å². The van der Waals surface area contributed by atoms with Crippen LogP contribution in [0.1, 0.15) is 11.5 Å². The number of aromatic amines is 1. The smallest absolute Gasteiger partial charge is 0.258 e. The molecular formula is C20H21N7O. The fourth-order valence-electron chi connectivity index (χ4n) is 3.81.